The SMILES string of the molecule is Cc1ccc(-c2cnc(CCC(=O)NCc3csc(C)n3)o2)cc1. The van der Waals surface area contributed by atoms with E-state index in [1.165, 1.54) is 5.56 Å². The highest BCUT2D eigenvalue weighted by Crippen LogP contribution is 2.21. The summed E-state index contributed by atoms with van der Waals surface area (Å²) in [6, 6.07) is 8.07. The van der Waals surface area contributed by atoms with Crippen LogP contribution in [0.2, 0.25) is 0 Å². The molecule has 2 heterocycles. The Hall–Kier alpha value is -2.47. The van der Waals surface area contributed by atoms with Gasteiger partial charge in [0.25, 0.3) is 0 Å². The minimum Gasteiger partial charge on any atom is -0.441 e. The van der Waals surface area contributed by atoms with E-state index in [-0.39, 0.29) is 5.91 Å². The van der Waals surface area contributed by atoms with E-state index in [1.54, 1.807) is 17.5 Å². The number of hydrogen-bond donors (Lipinski definition) is 1. The predicted molar refractivity (Wildman–Crippen MR) is 93.7 cm³/mol. The summed E-state index contributed by atoms with van der Waals surface area (Å²) < 4.78 is 5.72. The van der Waals surface area contributed by atoms with Gasteiger partial charge in [-0.1, -0.05) is 29.8 Å². The van der Waals surface area contributed by atoms with Gasteiger partial charge < -0.3 is 9.73 Å². The third kappa shape index (κ3) is 4.29. The molecule has 1 amide bonds. The number of oxazole rings is 1. The number of thiazole rings is 1. The zero-order valence-electron chi connectivity index (χ0n) is 13.7. The van der Waals surface area contributed by atoms with Gasteiger partial charge in [0, 0.05) is 23.8 Å². The van der Waals surface area contributed by atoms with E-state index >= 15 is 0 Å². The molecule has 2 aromatic heterocycles. The van der Waals surface area contributed by atoms with Crippen LogP contribution < -0.4 is 5.32 Å². The van der Waals surface area contributed by atoms with Gasteiger partial charge >= 0.3 is 0 Å². The second kappa shape index (κ2) is 7.40. The Bertz CT molecular complexity index is 821. The van der Waals surface area contributed by atoms with Crippen molar-refractivity contribution in [3.8, 4) is 11.3 Å². The highest BCUT2D eigenvalue weighted by atomic mass is 32.1. The first-order chi connectivity index (χ1) is 11.6. The van der Waals surface area contributed by atoms with Gasteiger partial charge in [-0.05, 0) is 13.8 Å². The van der Waals surface area contributed by atoms with Crippen LogP contribution >= 0.6 is 11.3 Å². The molecule has 0 unspecified atom stereocenters. The fourth-order valence-electron chi connectivity index (χ4n) is 2.26. The number of hydrogen-bond acceptors (Lipinski definition) is 5. The average molecular weight is 341 g/mol. The molecule has 24 heavy (non-hydrogen) atoms. The molecule has 0 saturated carbocycles. The Morgan fingerprint density at radius 2 is 2.04 bits per heavy atom. The van der Waals surface area contributed by atoms with Gasteiger partial charge in [-0.25, -0.2) is 9.97 Å². The number of nitrogens with zero attached hydrogens (tertiary/aromatic N) is 2. The topological polar surface area (TPSA) is 68.0 Å². The van der Waals surface area contributed by atoms with Crippen molar-refractivity contribution < 1.29 is 9.21 Å². The van der Waals surface area contributed by atoms with E-state index < -0.39 is 0 Å². The highest BCUT2D eigenvalue weighted by Gasteiger charge is 2.09. The summed E-state index contributed by atoms with van der Waals surface area (Å²) in [5, 5.41) is 5.82. The lowest BCUT2D eigenvalue weighted by Crippen LogP contribution is -2.23. The molecule has 6 heteroatoms. The maximum Gasteiger partial charge on any atom is 0.220 e. The summed E-state index contributed by atoms with van der Waals surface area (Å²) in [4.78, 5) is 20.5. The van der Waals surface area contributed by atoms with Crippen molar-refractivity contribution in [1.82, 2.24) is 15.3 Å². The van der Waals surface area contributed by atoms with Crippen molar-refractivity contribution in [1.29, 1.82) is 0 Å². The van der Waals surface area contributed by atoms with E-state index in [0.717, 1.165) is 22.0 Å². The standard InChI is InChI=1S/C18H19N3O2S/c1-12-3-5-14(6-4-12)16-10-20-18(23-16)8-7-17(22)19-9-15-11-24-13(2)21-15/h3-6,10-11H,7-9H2,1-2H3,(H,19,22). The minimum atomic E-state index is -0.0317. The van der Waals surface area contributed by atoms with Gasteiger partial charge in [-0.3, -0.25) is 4.79 Å². The summed E-state index contributed by atoms with van der Waals surface area (Å²) in [6.45, 7) is 4.45. The third-order valence-corrected chi connectivity index (χ3v) is 4.41. The monoisotopic (exact) mass is 341 g/mol. The van der Waals surface area contributed by atoms with Crippen LogP contribution in [0, 0.1) is 13.8 Å². The van der Waals surface area contributed by atoms with E-state index in [9.17, 15) is 4.79 Å². The third-order valence-electron chi connectivity index (χ3n) is 3.59. The first-order valence-electron chi connectivity index (χ1n) is 7.79. The molecule has 3 rings (SSSR count). The molecule has 124 valence electrons. The molecular weight excluding hydrogens is 322 g/mol. The molecule has 5 nitrogen and oxygen atoms in total. The quantitative estimate of drug-likeness (QED) is 0.743. The van der Waals surface area contributed by atoms with Crippen LogP contribution in [0.1, 0.15) is 28.6 Å². The van der Waals surface area contributed by atoms with Gasteiger partial charge in [0.15, 0.2) is 11.7 Å². The fourth-order valence-corrected chi connectivity index (χ4v) is 2.88. The van der Waals surface area contributed by atoms with Gasteiger partial charge in [0.1, 0.15) is 0 Å². The maximum absolute atomic E-state index is 11.9. The van der Waals surface area contributed by atoms with Crippen LogP contribution in [0.5, 0.6) is 0 Å². The second-order valence-corrected chi connectivity index (χ2v) is 6.68. The van der Waals surface area contributed by atoms with Gasteiger partial charge in [-0.15, -0.1) is 11.3 Å². The van der Waals surface area contributed by atoms with Gasteiger partial charge in [0.2, 0.25) is 5.91 Å². The summed E-state index contributed by atoms with van der Waals surface area (Å²) >= 11 is 1.58. The van der Waals surface area contributed by atoms with Gasteiger partial charge in [0.05, 0.1) is 23.4 Å². The number of amides is 1. The molecule has 0 bridgehead atoms. The molecule has 3 aromatic rings. The molecule has 1 aromatic carbocycles. The molecule has 1 N–H and O–H groups in total. The molecular formula is C18H19N3O2S. The molecule has 0 fully saturated rings. The molecule has 0 radical (unpaired) electrons. The smallest absolute Gasteiger partial charge is 0.220 e. The Morgan fingerprint density at radius 3 is 2.75 bits per heavy atom. The zero-order valence-corrected chi connectivity index (χ0v) is 14.5. The predicted octanol–water partition coefficient (Wildman–Crippen LogP) is 3.66. The molecule has 0 aliphatic rings. The summed E-state index contributed by atoms with van der Waals surface area (Å²) in [6.07, 6.45) is 2.53. The number of aromatic nitrogens is 2. The van der Waals surface area contributed by atoms with Crippen molar-refractivity contribution in [2.45, 2.75) is 33.2 Å². The lowest BCUT2D eigenvalue weighted by Gasteiger charge is -2.01. The number of rotatable bonds is 6. The second-order valence-electron chi connectivity index (χ2n) is 5.62. The summed E-state index contributed by atoms with van der Waals surface area (Å²) in [7, 11) is 0. The number of nitrogens with one attached hydrogen (secondary N) is 1. The number of carbonyl (C=O) groups is 1. The number of aryl methyl sites for hydroxylation is 3. The maximum atomic E-state index is 11.9. The highest BCUT2D eigenvalue weighted by molar-refractivity contribution is 7.09. The first-order valence-corrected chi connectivity index (χ1v) is 8.67. The van der Waals surface area contributed by atoms with Crippen molar-refractivity contribution >= 4 is 17.2 Å². The number of carbonyl (C=O) groups excluding carboxylic acids is 1. The normalized spacial score (nSPS) is 10.8. The van der Waals surface area contributed by atoms with Crippen molar-refractivity contribution in [3.05, 3.63) is 58.0 Å². The minimum absolute atomic E-state index is 0.0317. The van der Waals surface area contributed by atoms with Crippen molar-refractivity contribution in [2.24, 2.45) is 0 Å². The van der Waals surface area contributed by atoms with Crippen LogP contribution in [-0.2, 0) is 17.8 Å². The average Bonchev–Trinajstić information content (AvgIpc) is 3.21. The number of benzene rings is 1. The molecule has 0 atom stereocenters. The van der Waals surface area contributed by atoms with E-state index in [1.807, 2.05) is 43.5 Å². The van der Waals surface area contributed by atoms with Crippen molar-refractivity contribution in [3.63, 3.8) is 0 Å². The van der Waals surface area contributed by atoms with E-state index in [4.69, 9.17) is 4.42 Å². The lowest BCUT2D eigenvalue weighted by atomic mass is 10.1. The van der Waals surface area contributed by atoms with Crippen LogP contribution in [0.3, 0.4) is 0 Å². The fraction of sp³-hybridized carbons (Fsp3) is 0.278. The molecule has 0 aliphatic carbocycles. The Balaban J connectivity index is 1.49. The Labute approximate surface area is 144 Å². The van der Waals surface area contributed by atoms with Crippen LogP contribution in [0.15, 0.2) is 40.3 Å². The van der Waals surface area contributed by atoms with Crippen molar-refractivity contribution in [2.75, 3.05) is 0 Å². The van der Waals surface area contributed by atoms with Crippen LogP contribution in [0.25, 0.3) is 11.3 Å². The first kappa shape index (κ1) is 16.4. The van der Waals surface area contributed by atoms with Crippen LogP contribution in [0.4, 0.5) is 0 Å². The molecule has 0 saturated heterocycles. The lowest BCUT2D eigenvalue weighted by molar-refractivity contribution is -0.121. The summed E-state index contributed by atoms with van der Waals surface area (Å²) in [5.74, 6) is 1.27. The van der Waals surface area contributed by atoms with Crippen LogP contribution in [-0.4, -0.2) is 15.9 Å². The molecule has 0 aliphatic heterocycles. The van der Waals surface area contributed by atoms with E-state index in [2.05, 4.69) is 15.3 Å². The van der Waals surface area contributed by atoms with Gasteiger partial charge in [-0.2, -0.15) is 0 Å². The zero-order chi connectivity index (χ0) is 16.9. The van der Waals surface area contributed by atoms with E-state index in [0.29, 0.717) is 25.3 Å². The Kier molecular flexibility index (Phi) is 5.05. The largest absolute Gasteiger partial charge is 0.441 e. The Morgan fingerprint density at radius 1 is 1.25 bits per heavy atom. The summed E-state index contributed by atoms with van der Waals surface area (Å²) in [5.41, 5.74) is 3.08. The molecule has 0 spiro atoms.